The van der Waals surface area contributed by atoms with Gasteiger partial charge < -0.3 is 9.47 Å². The van der Waals surface area contributed by atoms with Gasteiger partial charge in [0, 0.05) is 22.4 Å². The van der Waals surface area contributed by atoms with E-state index in [1.165, 1.54) is 11.6 Å². The number of nitrogens with zero attached hydrogens (tertiary/aromatic N) is 3. The molecule has 3 rings (SSSR count). The average Bonchev–Trinajstić information content (AvgIpc) is 2.75. The fourth-order valence-corrected chi connectivity index (χ4v) is 3.81. The smallest absolute Gasteiger partial charge is 0.308 e. The van der Waals surface area contributed by atoms with Crippen LogP contribution < -0.4 is 15.0 Å². The van der Waals surface area contributed by atoms with Gasteiger partial charge in [-0.15, -0.1) is 6.58 Å². The van der Waals surface area contributed by atoms with E-state index in [-0.39, 0.29) is 5.56 Å². The zero-order valence-corrected chi connectivity index (χ0v) is 21.6. The van der Waals surface area contributed by atoms with Crippen molar-refractivity contribution in [1.29, 1.82) is 0 Å². The Morgan fingerprint density at radius 2 is 2.00 bits per heavy atom. The van der Waals surface area contributed by atoms with E-state index in [1.54, 1.807) is 24.4 Å². The van der Waals surface area contributed by atoms with E-state index in [0.717, 1.165) is 10.0 Å². The number of benzene rings is 2. The van der Waals surface area contributed by atoms with Crippen molar-refractivity contribution in [3.63, 3.8) is 0 Å². The molecule has 0 atom stereocenters. The molecule has 7 nitrogen and oxygen atoms in total. The number of halogens is 1. The highest BCUT2D eigenvalue weighted by molar-refractivity contribution is 9.10. The van der Waals surface area contributed by atoms with Crippen molar-refractivity contribution in [1.82, 2.24) is 9.66 Å². The Morgan fingerprint density at radius 3 is 2.62 bits per heavy atom. The van der Waals surface area contributed by atoms with Gasteiger partial charge in [0.25, 0.3) is 5.56 Å². The number of carbonyl (C=O) groups excluding carboxylic acids is 1. The third-order valence-electron chi connectivity index (χ3n) is 4.87. The van der Waals surface area contributed by atoms with Gasteiger partial charge in [-0.05, 0) is 49.2 Å². The summed E-state index contributed by atoms with van der Waals surface area (Å²) in [5.74, 6) is 0.873. The Bertz CT molecular complexity index is 1340. The van der Waals surface area contributed by atoms with E-state index >= 15 is 0 Å². The van der Waals surface area contributed by atoms with Crippen LogP contribution in [0.4, 0.5) is 0 Å². The molecule has 0 saturated heterocycles. The summed E-state index contributed by atoms with van der Waals surface area (Å²) in [5.41, 5.74) is 1.32. The fraction of sp³-hybridized carbons (Fsp3) is 0.308. The Labute approximate surface area is 207 Å². The highest BCUT2D eigenvalue weighted by atomic mass is 79.9. The molecular formula is C26H28BrN3O4. The van der Waals surface area contributed by atoms with Crippen LogP contribution in [0.15, 0.2) is 57.4 Å². The molecule has 1 aromatic heterocycles. The third-order valence-corrected chi connectivity index (χ3v) is 5.36. The van der Waals surface area contributed by atoms with Crippen LogP contribution in [0.1, 0.15) is 51.6 Å². The molecular weight excluding hydrogens is 498 g/mol. The van der Waals surface area contributed by atoms with Crippen LogP contribution in [-0.2, 0) is 16.6 Å². The molecule has 0 spiro atoms. The summed E-state index contributed by atoms with van der Waals surface area (Å²) in [7, 11) is 0. The first-order valence-electron chi connectivity index (χ1n) is 10.9. The second kappa shape index (κ2) is 10.3. The Hall–Kier alpha value is -3.26. The lowest BCUT2D eigenvalue weighted by Crippen LogP contribution is -2.29. The lowest BCUT2D eigenvalue weighted by Gasteiger charge is -2.21. The predicted octanol–water partition coefficient (Wildman–Crippen LogP) is 5.39. The normalized spacial score (nSPS) is 11.7. The van der Waals surface area contributed by atoms with Crippen LogP contribution in [0.5, 0.6) is 11.5 Å². The number of esters is 1. The molecule has 0 aliphatic rings. The number of fused-ring (bicyclic) bond motifs is 1. The lowest BCUT2D eigenvalue weighted by atomic mass is 9.95. The molecule has 34 heavy (non-hydrogen) atoms. The highest BCUT2D eigenvalue weighted by Crippen LogP contribution is 2.34. The van der Waals surface area contributed by atoms with Crippen LogP contribution in [0, 0.1) is 0 Å². The van der Waals surface area contributed by atoms with E-state index in [0.29, 0.717) is 46.8 Å². The van der Waals surface area contributed by atoms with E-state index in [1.807, 2.05) is 45.9 Å². The fourth-order valence-electron chi connectivity index (χ4n) is 3.45. The van der Waals surface area contributed by atoms with E-state index < -0.39 is 11.4 Å². The first-order valence-corrected chi connectivity index (χ1v) is 11.7. The van der Waals surface area contributed by atoms with E-state index in [4.69, 9.17) is 14.5 Å². The molecule has 178 valence electrons. The minimum absolute atomic E-state index is 0.264. The van der Waals surface area contributed by atoms with Gasteiger partial charge in [-0.2, -0.15) is 9.78 Å². The summed E-state index contributed by atoms with van der Waals surface area (Å²) in [6.45, 7) is 13.3. The van der Waals surface area contributed by atoms with Crippen LogP contribution in [0.2, 0.25) is 0 Å². The SMILES string of the molecule is C=CCc1cc(C=Nn2c(C(C)(C)C)nc3ccc(Br)cc3c2=O)cc(OCC)c1OC(C)=O. The zero-order valence-electron chi connectivity index (χ0n) is 20.0. The van der Waals surface area contributed by atoms with Crippen molar-refractivity contribution < 1.29 is 14.3 Å². The molecule has 0 bridgehead atoms. The number of hydrogen-bond donors (Lipinski definition) is 0. The van der Waals surface area contributed by atoms with Crippen LogP contribution in [0.25, 0.3) is 10.9 Å². The van der Waals surface area contributed by atoms with Crippen LogP contribution in [0.3, 0.4) is 0 Å². The summed E-state index contributed by atoms with van der Waals surface area (Å²) in [5, 5.41) is 4.99. The monoisotopic (exact) mass is 525 g/mol. The van der Waals surface area contributed by atoms with E-state index in [9.17, 15) is 9.59 Å². The third kappa shape index (κ3) is 5.62. The van der Waals surface area contributed by atoms with Gasteiger partial charge in [-0.3, -0.25) is 9.59 Å². The summed E-state index contributed by atoms with van der Waals surface area (Å²) in [6, 6.07) is 8.97. The maximum Gasteiger partial charge on any atom is 0.308 e. The molecule has 0 aliphatic heterocycles. The number of rotatable bonds is 7. The molecule has 0 N–H and O–H groups in total. The van der Waals surface area contributed by atoms with Crippen molar-refractivity contribution in [2.45, 2.75) is 46.5 Å². The predicted molar refractivity (Wildman–Crippen MR) is 138 cm³/mol. The molecule has 0 aliphatic carbocycles. The largest absolute Gasteiger partial charge is 0.490 e. The van der Waals surface area contributed by atoms with Gasteiger partial charge in [0.1, 0.15) is 5.82 Å². The van der Waals surface area contributed by atoms with Crippen molar-refractivity contribution in [3.8, 4) is 11.5 Å². The first kappa shape index (κ1) is 25.4. The average molecular weight is 526 g/mol. The Morgan fingerprint density at radius 1 is 1.26 bits per heavy atom. The zero-order chi connectivity index (χ0) is 25.0. The highest BCUT2D eigenvalue weighted by Gasteiger charge is 2.23. The van der Waals surface area contributed by atoms with Crippen molar-refractivity contribution in [3.05, 3.63) is 74.8 Å². The lowest BCUT2D eigenvalue weighted by molar-refractivity contribution is -0.132. The summed E-state index contributed by atoms with van der Waals surface area (Å²) in [4.78, 5) is 29.8. The molecule has 0 amide bonds. The number of hydrogen-bond acceptors (Lipinski definition) is 6. The van der Waals surface area contributed by atoms with E-state index in [2.05, 4.69) is 27.6 Å². The summed E-state index contributed by atoms with van der Waals surface area (Å²) >= 11 is 3.42. The Balaban J connectivity index is 2.20. The topological polar surface area (TPSA) is 82.8 Å². The molecule has 2 aromatic carbocycles. The first-order chi connectivity index (χ1) is 16.0. The van der Waals surface area contributed by atoms with Crippen molar-refractivity contribution in [2.75, 3.05) is 6.61 Å². The molecule has 0 saturated carbocycles. The van der Waals surface area contributed by atoms with Gasteiger partial charge in [0.05, 0.1) is 23.7 Å². The minimum Gasteiger partial charge on any atom is -0.490 e. The van der Waals surface area contributed by atoms with Gasteiger partial charge in [0.2, 0.25) is 0 Å². The second-order valence-electron chi connectivity index (χ2n) is 8.74. The van der Waals surface area contributed by atoms with Crippen LogP contribution >= 0.6 is 15.9 Å². The number of allylic oxidation sites excluding steroid dienone is 1. The van der Waals surface area contributed by atoms with Crippen molar-refractivity contribution >= 4 is 39.0 Å². The second-order valence-corrected chi connectivity index (χ2v) is 9.65. The molecule has 0 unspecified atom stereocenters. The Kier molecular flexibility index (Phi) is 7.71. The van der Waals surface area contributed by atoms with Gasteiger partial charge in [-0.1, -0.05) is 42.8 Å². The standard InChI is InChI=1S/C26H28BrN3O4/c1-7-9-18-12-17(13-22(33-8-2)23(18)34-16(3)31)15-28-30-24(32)20-14-19(27)10-11-21(20)29-25(30)26(4,5)6/h7,10-15H,1,8-9H2,2-6H3. The summed E-state index contributed by atoms with van der Waals surface area (Å²) in [6.07, 6.45) is 3.75. The van der Waals surface area contributed by atoms with Crippen molar-refractivity contribution in [2.24, 2.45) is 5.10 Å². The quantitative estimate of drug-likeness (QED) is 0.178. The minimum atomic E-state index is -0.442. The molecule has 8 heteroatoms. The van der Waals surface area contributed by atoms with Gasteiger partial charge in [-0.25, -0.2) is 4.98 Å². The van der Waals surface area contributed by atoms with Crippen LogP contribution in [-0.4, -0.2) is 28.5 Å². The number of carbonyl (C=O) groups is 1. The maximum atomic E-state index is 13.4. The molecule has 0 radical (unpaired) electrons. The molecule has 1 heterocycles. The molecule has 3 aromatic rings. The summed E-state index contributed by atoms with van der Waals surface area (Å²) < 4.78 is 13.3. The molecule has 0 fully saturated rings. The van der Waals surface area contributed by atoms with Gasteiger partial charge >= 0.3 is 5.97 Å². The number of ether oxygens (including phenoxy) is 2. The maximum absolute atomic E-state index is 13.4. The van der Waals surface area contributed by atoms with Gasteiger partial charge in [0.15, 0.2) is 11.5 Å². The number of aromatic nitrogens is 2.